The van der Waals surface area contributed by atoms with Gasteiger partial charge in [-0.3, -0.25) is 9.48 Å². The molecule has 0 spiro atoms. The average molecular weight is 336 g/mol. The van der Waals surface area contributed by atoms with Gasteiger partial charge >= 0.3 is 0 Å². The second-order valence-corrected chi connectivity index (χ2v) is 6.97. The minimum Gasteiger partial charge on any atom is -0.380 e. The van der Waals surface area contributed by atoms with E-state index in [1.165, 1.54) is 0 Å². The fourth-order valence-corrected chi connectivity index (χ4v) is 3.28. The van der Waals surface area contributed by atoms with Crippen molar-refractivity contribution in [2.75, 3.05) is 47.0 Å². The summed E-state index contributed by atoms with van der Waals surface area (Å²) < 4.78 is 13.4. The minimum atomic E-state index is -0.269. The Morgan fingerprint density at radius 1 is 1.46 bits per heavy atom. The summed E-state index contributed by atoms with van der Waals surface area (Å²) in [7, 11) is 4.07. The number of ether oxygens (including phenoxy) is 2. The molecule has 0 saturated carbocycles. The molecule has 1 saturated heterocycles. The van der Waals surface area contributed by atoms with E-state index in [1.807, 2.05) is 29.7 Å². The van der Waals surface area contributed by atoms with E-state index in [0.717, 1.165) is 31.6 Å². The van der Waals surface area contributed by atoms with Crippen LogP contribution in [0.1, 0.15) is 18.5 Å². The Bertz CT molecular complexity index is 540. The molecule has 0 radical (unpaired) electrons. The normalized spacial score (nSPS) is 24.2. The smallest absolute Gasteiger partial charge is 0.252 e. The van der Waals surface area contributed by atoms with Crippen molar-refractivity contribution in [2.24, 2.45) is 5.92 Å². The van der Waals surface area contributed by atoms with E-state index in [-0.39, 0.29) is 17.9 Å². The second kappa shape index (κ2) is 8.09. The molecule has 7 nitrogen and oxygen atoms in total. The van der Waals surface area contributed by atoms with Gasteiger partial charge in [-0.1, -0.05) is 0 Å². The quantitative estimate of drug-likeness (QED) is 0.712. The van der Waals surface area contributed by atoms with Gasteiger partial charge in [-0.05, 0) is 33.0 Å². The van der Waals surface area contributed by atoms with Crippen LogP contribution in [0.15, 0.2) is 12.3 Å². The molecule has 3 heterocycles. The summed E-state index contributed by atoms with van der Waals surface area (Å²) in [4.78, 5) is 16.8. The lowest BCUT2D eigenvalue weighted by Crippen LogP contribution is -2.41. The lowest BCUT2D eigenvalue weighted by atomic mass is 10.1. The largest absolute Gasteiger partial charge is 0.380 e. The van der Waals surface area contributed by atoms with Crippen molar-refractivity contribution in [1.29, 1.82) is 0 Å². The molecule has 1 unspecified atom stereocenters. The van der Waals surface area contributed by atoms with Crippen molar-refractivity contribution in [2.45, 2.75) is 32.0 Å². The van der Waals surface area contributed by atoms with Gasteiger partial charge in [-0.2, -0.15) is 5.10 Å². The standard InChI is InChI=1S/C17H28N4O3/c1-19(2)7-9-23-13-14-10-20(17(22)16-4-3-8-24-16)12-15-5-6-18-21(15)11-14/h5-6,14,16H,3-4,7-13H2,1-2H3/t14?,16-/m1/s1. The monoisotopic (exact) mass is 336 g/mol. The van der Waals surface area contributed by atoms with E-state index in [4.69, 9.17) is 9.47 Å². The van der Waals surface area contributed by atoms with Crippen LogP contribution < -0.4 is 0 Å². The van der Waals surface area contributed by atoms with Crippen molar-refractivity contribution in [3.8, 4) is 0 Å². The van der Waals surface area contributed by atoms with Crippen LogP contribution in [0, 0.1) is 5.92 Å². The summed E-state index contributed by atoms with van der Waals surface area (Å²) in [6, 6.07) is 1.99. The van der Waals surface area contributed by atoms with Crippen LogP contribution in [0.5, 0.6) is 0 Å². The van der Waals surface area contributed by atoms with Crippen LogP contribution in [0.2, 0.25) is 0 Å². The first kappa shape index (κ1) is 17.4. The molecule has 0 aromatic carbocycles. The minimum absolute atomic E-state index is 0.112. The molecule has 134 valence electrons. The van der Waals surface area contributed by atoms with Crippen LogP contribution >= 0.6 is 0 Å². The van der Waals surface area contributed by atoms with Crippen molar-refractivity contribution in [3.05, 3.63) is 18.0 Å². The summed E-state index contributed by atoms with van der Waals surface area (Å²) in [5, 5.41) is 4.40. The zero-order chi connectivity index (χ0) is 16.9. The van der Waals surface area contributed by atoms with Gasteiger partial charge in [0, 0.05) is 38.4 Å². The molecule has 2 aliphatic rings. The second-order valence-electron chi connectivity index (χ2n) is 6.97. The van der Waals surface area contributed by atoms with Gasteiger partial charge in [-0.15, -0.1) is 0 Å². The highest BCUT2D eigenvalue weighted by atomic mass is 16.5. The van der Waals surface area contributed by atoms with Crippen molar-refractivity contribution in [3.63, 3.8) is 0 Å². The Morgan fingerprint density at radius 3 is 3.08 bits per heavy atom. The molecule has 7 heteroatoms. The maximum atomic E-state index is 12.8. The van der Waals surface area contributed by atoms with E-state index in [9.17, 15) is 4.79 Å². The SMILES string of the molecule is CN(C)CCOCC1CN(C(=O)[C@H]2CCCO2)Cc2ccnn2C1. The molecular weight excluding hydrogens is 308 g/mol. The van der Waals surface area contributed by atoms with E-state index in [2.05, 4.69) is 10.00 Å². The van der Waals surface area contributed by atoms with Crippen molar-refractivity contribution < 1.29 is 14.3 Å². The first-order chi connectivity index (χ1) is 11.6. The summed E-state index contributed by atoms with van der Waals surface area (Å²) in [6.07, 6.45) is 3.34. The Hall–Kier alpha value is -1.44. The predicted octanol–water partition coefficient (Wildman–Crippen LogP) is 0.599. The highest BCUT2D eigenvalue weighted by molar-refractivity contribution is 5.81. The van der Waals surface area contributed by atoms with Gasteiger partial charge in [0.25, 0.3) is 5.91 Å². The number of hydrogen-bond donors (Lipinski definition) is 0. The van der Waals surface area contributed by atoms with E-state index < -0.39 is 0 Å². The highest BCUT2D eigenvalue weighted by Crippen LogP contribution is 2.21. The summed E-state index contributed by atoms with van der Waals surface area (Å²) in [5.74, 6) is 0.360. The number of carbonyl (C=O) groups is 1. The highest BCUT2D eigenvalue weighted by Gasteiger charge is 2.32. The Balaban J connectivity index is 1.63. The van der Waals surface area contributed by atoms with Crippen molar-refractivity contribution in [1.82, 2.24) is 19.6 Å². The Labute approximate surface area is 143 Å². The maximum absolute atomic E-state index is 12.8. The molecule has 3 rings (SSSR count). The molecule has 1 aromatic heterocycles. The molecule has 2 aliphatic heterocycles. The van der Waals surface area contributed by atoms with E-state index >= 15 is 0 Å². The summed E-state index contributed by atoms with van der Waals surface area (Å²) >= 11 is 0. The lowest BCUT2D eigenvalue weighted by molar-refractivity contribution is -0.142. The number of amides is 1. The first-order valence-corrected chi connectivity index (χ1v) is 8.77. The molecule has 0 aliphatic carbocycles. The maximum Gasteiger partial charge on any atom is 0.252 e. The van der Waals surface area contributed by atoms with Crippen LogP contribution in [-0.2, 0) is 27.4 Å². The van der Waals surface area contributed by atoms with Crippen LogP contribution in [0.4, 0.5) is 0 Å². The number of rotatable bonds is 6. The number of hydrogen-bond acceptors (Lipinski definition) is 5. The van der Waals surface area contributed by atoms with Gasteiger partial charge in [0.2, 0.25) is 0 Å². The molecule has 0 N–H and O–H groups in total. The summed E-state index contributed by atoms with van der Waals surface area (Å²) in [6.45, 7) is 5.03. The van der Waals surface area contributed by atoms with Gasteiger partial charge in [-0.25, -0.2) is 0 Å². The van der Waals surface area contributed by atoms with E-state index in [0.29, 0.717) is 32.9 Å². The molecule has 1 aromatic rings. The third-order valence-corrected chi connectivity index (χ3v) is 4.62. The van der Waals surface area contributed by atoms with Gasteiger partial charge in [0.1, 0.15) is 6.10 Å². The predicted molar refractivity (Wildman–Crippen MR) is 89.5 cm³/mol. The lowest BCUT2D eigenvalue weighted by Gasteiger charge is -2.26. The van der Waals surface area contributed by atoms with E-state index in [1.54, 1.807) is 6.20 Å². The van der Waals surface area contributed by atoms with Gasteiger partial charge < -0.3 is 19.3 Å². The Kier molecular flexibility index (Phi) is 5.86. The van der Waals surface area contributed by atoms with Gasteiger partial charge in [0.05, 0.1) is 25.5 Å². The zero-order valence-electron chi connectivity index (χ0n) is 14.7. The fraction of sp³-hybridized carbons (Fsp3) is 0.765. The van der Waals surface area contributed by atoms with Crippen LogP contribution in [0.25, 0.3) is 0 Å². The zero-order valence-corrected chi connectivity index (χ0v) is 14.7. The number of aromatic nitrogens is 2. The molecular formula is C17H28N4O3. The molecule has 1 fully saturated rings. The van der Waals surface area contributed by atoms with Crippen LogP contribution in [-0.4, -0.2) is 78.6 Å². The van der Waals surface area contributed by atoms with Gasteiger partial charge in [0.15, 0.2) is 0 Å². The molecule has 24 heavy (non-hydrogen) atoms. The number of nitrogens with zero attached hydrogens (tertiary/aromatic N) is 4. The third-order valence-electron chi connectivity index (χ3n) is 4.62. The number of fused-ring (bicyclic) bond motifs is 1. The Morgan fingerprint density at radius 2 is 2.33 bits per heavy atom. The van der Waals surface area contributed by atoms with Crippen molar-refractivity contribution >= 4 is 5.91 Å². The molecule has 1 amide bonds. The first-order valence-electron chi connectivity index (χ1n) is 8.77. The summed E-state index contributed by atoms with van der Waals surface area (Å²) in [5.41, 5.74) is 1.08. The topological polar surface area (TPSA) is 59.8 Å². The fourth-order valence-electron chi connectivity index (χ4n) is 3.28. The number of likely N-dealkylation sites (N-methyl/N-ethyl adjacent to an activating group) is 1. The van der Waals surface area contributed by atoms with Crippen LogP contribution in [0.3, 0.4) is 0 Å². The third kappa shape index (κ3) is 4.34. The molecule has 2 atom stereocenters. The molecule has 0 bridgehead atoms. The number of carbonyl (C=O) groups excluding carboxylic acids is 1. The average Bonchev–Trinajstić information content (AvgIpc) is 3.19.